The minimum Gasteiger partial charge on any atom is -1.00 e. The molecule has 0 fully saturated rings. The van der Waals surface area contributed by atoms with Gasteiger partial charge in [0.15, 0.2) is 17.2 Å². The highest BCUT2D eigenvalue weighted by molar-refractivity contribution is 9.11. The highest BCUT2D eigenvalue weighted by atomic mass is 79.9. The fraction of sp³-hybridized carbons (Fsp3) is 0.0833. The van der Waals surface area contributed by atoms with Gasteiger partial charge in [0.25, 0.3) is 0 Å². The molecule has 0 saturated carbocycles. The Morgan fingerprint density at radius 1 is 1.29 bits per heavy atom. The zero-order valence-electron chi connectivity index (χ0n) is 11.7. The second-order valence-corrected chi connectivity index (χ2v) is 5.10. The molecule has 2 rings (SSSR count). The molecule has 2 heterocycles. The van der Waals surface area contributed by atoms with E-state index in [4.69, 9.17) is 30.6 Å². The lowest BCUT2D eigenvalue weighted by atomic mass is 10.3. The van der Waals surface area contributed by atoms with Crippen molar-refractivity contribution >= 4 is 48.8 Å². The molecular weight excluding hydrogens is 584 g/mol. The summed E-state index contributed by atoms with van der Waals surface area (Å²) < 4.78 is 5.87. The van der Waals surface area contributed by atoms with Gasteiger partial charge in [0, 0.05) is 0 Å². The van der Waals surface area contributed by atoms with Crippen LogP contribution in [0.1, 0.15) is 17.5 Å². The minimum atomic E-state index is -0.375. The normalized spacial score (nSPS) is 9.12. The first-order valence-electron chi connectivity index (χ1n) is 5.40. The van der Waals surface area contributed by atoms with Gasteiger partial charge in [-0.1, -0.05) is 0 Å². The number of pyridine rings is 1. The third-order valence-corrected chi connectivity index (χ3v) is 3.07. The van der Waals surface area contributed by atoms with Crippen LogP contribution in [0.2, 0.25) is 0 Å². The summed E-state index contributed by atoms with van der Waals surface area (Å²) in [6, 6.07) is 8.39. The molecule has 0 aliphatic heterocycles. The summed E-state index contributed by atoms with van der Waals surface area (Å²) in [7, 11) is 0. The average molecular weight is 596 g/mol. The van der Waals surface area contributed by atoms with Gasteiger partial charge in [-0.25, -0.2) is 4.98 Å². The first kappa shape index (κ1) is 27.8. The molecule has 24 heavy (non-hydrogen) atoms. The molecule has 0 bridgehead atoms. The van der Waals surface area contributed by atoms with Crippen LogP contribution >= 0.6 is 48.8 Å². The summed E-state index contributed by atoms with van der Waals surface area (Å²) in [5, 5.41) is 38.0. The van der Waals surface area contributed by atoms with E-state index in [1.807, 2.05) is 6.07 Å². The van der Waals surface area contributed by atoms with Gasteiger partial charge in [0.2, 0.25) is 6.04 Å². The highest BCUT2D eigenvalue weighted by Crippen LogP contribution is 2.28. The molecule has 2 aromatic rings. The van der Waals surface area contributed by atoms with E-state index in [-0.39, 0.29) is 51.4 Å². The highest BCUT2D eigenvalue weighted by Gasteiger charge is 2.08. The van der Waals surface area contributed by atoms with E-state index < -0.39 is 0 Å². The average Bonchev–Trinajstić information content (AvgIpc) is 3.07. The summed E-state index contributed by atoms with van der Waals surface area (Å²) in [5.41, 5.74) is 3.55. The summed E-state index contributed by atoms with van der Waals surface area (Å²) in [4.78, 5) is 3.73. The molecule has 2 aromatic heterocycles. The van der Waals surface area contributed by atoms with Crippen LogP contribution in [0.25, 0.3) is 0 Å². The maximum Gasteiger partial charge on any atom is 0.229 e. The largest absolute Gasteiger partial charge is 1.00 e. The van der Waals surface area contributed by atoms with E-state index in [0.29, 0.717) is 14.8 Å². The topological polar surface area (TPSA) is 162 Å². The molecular formula is C12H12Br4N4O4. The third kappa shape index (κ3) is 9.34. The van der Waals surface area contributed by atoms with E-state index >= 15 is 0 Å². The van der Waals surface area contributed by atoms with Gasteiger partial charge in [-0.05, 0) is 50.1 Å². The molecule has 0 amide bonds. The van der Waals surface area contributed by atoms with E-state index in [9.17, 15) is 0 Å². The molecule has 132 valence electrons. The van der Waals surface area contributed by atoms with Gasteiger partial charge >= 0.3 is 0 Å². The number of rotatable bonds is 1. The Balaban J connectivity index is -0.000000313. The first-order valence-corrected chi connectivity index (χ1v) is 6.99. The smallest absolute Gasteiger partial charge is 0.229 e. The molecule has 1 atom stereocenters. The van der Waals surface area contributed by atoms with Crippen LogP contribution < -0.4 is 22.7 Å². The maximum atomic E-state index is 9.17. The molecule has 8 nitrogen and oxygen atoms in total. The quantitative estimate of drug-likeness (QED) is 0.203. The molecule has 0 radical (unpaired) electrons. The van der Waals surface area contributed by atoms with Crippen LogP contribution in [-0.2, 0) is 0 Å². The molecule has 0 aliphatic carbocycles. The van der Waals surface area contributed by atoms with Gasteiger partial charge in [-0.3, -0.25) is 10.5 Å². The zero-order valence-corrected chi connectivity index (χ0v) is 18.2. The summed E-state index contributed by atoms with van der Waals surface area (Å²) >= 11 is 6.15. The fourth-order valence-electron chi connectivity index (χ4n) is 1.11. The maximum absolute atomic E-state index is 9.17. The Hall–Kier alpha value is -0.990. The number of hydrogen-bond acceptors (Lipinski definition) is 7. The standard InChI is InChI=1S/C6H2Br2N2O.C6H6N2O.2BrH.H2O2/c7-3-1-5(8)10-4(2-9)6(3)11;7-4-5(8)6-2-1-3-9-6;;;1-2/h1,11H;1-3,5H,8H2;2*1H;1-2H. The Kier molecular flexibility index (Phi) is 18.0. The number of aromatic hydroxyl groups is 1. The van der Waals surface area contributed by atoms with Crippen molar-refractivity contribution in [3.8, 4) is 17.9 Å². The van der Waals surface area contributed by atoms with Crippen molar-refractivity contribution < 1.29 is 42.8 Å². The van der Waals surface area contributed by atoms with Crippen molar-refractivity contribution in [1.82, 2.24) is 4.98 Å². The van der Waals surface area contributed by atoms with Crippen molar-refractivity contribution in [2.75, 3.05) is 0 Å². The van der Waals surface area contributed by atoms with Gasteiger partial charge in [0.05, 0.1) is 10.7 Å². The zero-order chi connectivity index (χ0) is 17.1. The van der Waals surface area contributed by atoms with Crippen molar-refractivity contribution in [2.24, 2.45) is 0 Å². The van der Waals surface area contributed by atoms with Crippen molar-refractivity contribution in [3.63, 3.8) is 0 Å². The second-order valence-electron chi connectivity index (χ2n) is 3.43. The van der Waals surface area contributed by atoms with Crippen LogP contribution in [0.15, 0.2) is 38.0 Å². The second kappa shape index (κ2) is 15.5. The van der Waals surface area contributed by atoms with Crippen molar-refractivity contribution in [3.05, 3.63) is 45.0 Å². The molecule has 1 unspecified atom stereocenters. The Bertz CT molecular complexity index is 671. The lowest BCUT2D eigenvalue weighted by Crippen LogP contribution is -3.00. The number of nitrogens with zero attached hydrogens (tertiary/aromatic N) is 3. The molecule has 0 saturated heterocycles. The predicted molar refractivity (Wildman–Crippen MR) is 91.5 cm³/mol. The third-order valence-electron chi connectivity index (χ3n) is 2.06. The van der Waals surface area contributed by atoms with Crippen LogP contribution in [0.5, 0.6) is 5.75 Å². The lowest BCUT2D eigenvalue weighted by molar-refractivity contribution is -0.409. The monoisotopic (exact) mass is 592 g/mol. The SMILES string of the molecule is Br.N#CC([NH3+])c1ccco1.N#Cc1nc(Br)cc(Br)c1O.OO.[Br-]. The predicted octanol–water partition coefficient (Wildman–Crippen LogP) is -0.131. The van der Waals surface area contributed by atoms with Crippen LogP contribution in [0.3, 0.4) is 0 Å². The lowest BCUT2D eigenvalue weighted by Gasteiger charge is -1.97. The van der Waals surface area contributed by atoms with E-state index in [1.54, 1.807) is 24.3 Å². The number of furan rings is 1. The van der Waals surface area contributed by atoms with Gasteiger partial charge in [0.1, 0.15) is 16.7 Å². The van der Waals surface area contributed by atoms with Gasteiger partial charge in [-0.2, -0.15) is 10.5 Å². The molecule has 0 spiro atoms. The molecule has 12 heteroatoms. The Labute approximate surface area is 175 Å². The van der Waals surface area contributed by atoms with E-state index in [2.05, 4.69) is 42.6 Å². The van der Waals surface area contributed by atoms with E-state index in [0.717, 1.165) is 0 Å². The van der Waals surface area contributed by atoms with Gasteiger partial charge in [-0.15, -0.1) is 17.0 Å². The number of halogens is 4. The van der Waals surface area contributed by atoms with E-state index in [1.165, 1.54) is 6.26 Å². The molecule has 0 aliphatic rings. The Morgan fingerprint density at radius 3 is 2.29 bits per heavy atom. The first-order chi connectivity index (χ1) is 10.5. The number of hydrogen-bond donors (Lipinski definition) is 4. The summed E-state index contributed by atoms with van der Waals surface area (Å²) in [5.74, 6) is 0.494. The van der Waals surface area contributed by atoms with Gasteiger partial charge < -0.3 is 32.2 Å². The fourth-order valence-corrected chi connectivity index (χ4v) is 2.23. The van der Waals surface area contributed by atoms with Crippen LogP contribution in [-0.4, -0.2) is 20.6 Å². The summed E-state index contributed by atoms with van der Waals surface area (Å²) in [6.45, 7) is 0. The molecule has 6 N–H and O–H groups in total. The number of nitriles is 2. The summed E-state index contributed by atoms with van der Waals surface area (Å²) in [6.07, 6.45) is 1.53. The van der Waals surface area contributed by atoms with Crippen LogP contribution in [0.4, 0.5) is 0 Å². The van der Waals surface area contributed by atoms with Crippen molar-refractivity contribution in [2.45, 2.75) is 6.04 Å². The minimum absolute atomic E-state index is 0. The Morgan fingerprint density at radius 2 is 1.88 bits per heavy atom. The van der Waals surface area contributed by atoms with Crippen LogP contribution in [0, 0.1) is 22.7 Å². The number of quaternary nitrogens is 1. The number of aromatic nitrogens is 1. The molecule has 0 aromatic carbocycles. The van der Waals surface area contributed by atoms with Crippen molar-refractivity contribution in [1.29, 1.82) is 10.5 Å².